The molecule has 2 rings (SSSR count). The van der Waals surface area contributed by atoms with Crippen LogP contribution in [0, 0.1) is 10.1 Å². The van der Waals surface area contributed by atoms with E-state index in [1.165, 1.54) is 28.4 Å². The fourth-order valence-corrected chi connectivity index (χ4v) is 2.81. The topological polar surface area (TPSA) is 72.7 Å². The van der Waals surface area contributed by atoms with Crippen molar-refractivity contribution in [1.29, 1.82) is 0 Å². The van der Waals surface area contributed by atoms with E-state index in [9.17, 15) is 14.9 Å². The van der Waals surface area contributed by atoms with E-state index in [4.69, 9.17) is 4.74 Å². The number of nitro benzene ring substituents is 1. The van der Waals surface area contributed by atoms with Gasteiger partial charge in [-0.05, 0) is 37.4 Å². The molecule has 0 bridgehead atoms. The van der Waals surface area contributed by atoms with Gasteiger partial charge in [0.1, 0.15) is 0 Å². The summed E-state index contributed by atoms with van der Waals surface area (Å²) in [7, 11) is 0. The Morgan fingerprint density at radius 2 is 1.92 bits per heavy atom. The van der Waals surface area contributed by atoms with E-state index in [1.807, 2.05) is 30.3 Å². The van der Waals surface area contributed by atoms with Crippen LogP contribution in [0.25, 0.3) is 0 Å². The van der Waals surface area contributed by atoms with Gasteiger partial charge < -0.3 is 4.74 Å². The molecule has 0 saturated carbocycles. The average Bonchev–Trinajstić information content (AvgIpc) is 2.55. The monoisotopic (exact) mass is 346 g/mol. The predicted molar refractivity (Wildman–Crippen MR) is 94.9 cm³/mol. The Morgan fingerprint density at radius 3 is 2.54 bits per heavy atom. The highest BCUT2D eigenvalue weighted by Crippen LogP contribution is 2.29. The number of carbonyl (C=O) groups excluding carboxylic acids is 1. The first-order chi connectivity index (χ1) is 11.5. The smallest absolute Gasteiger partial charge is 0.424 e. The molecule has 7 heteroatoms. The Labute approximate surface area is 144 Å². The summed E-state index contributed by atoms with van der Waals surface area (Å²) >= 11 is 1.23. The van der Waals surface area contributed by atoms with Crippen LogP contribution >= 0.6 is 11.9 Å². The second-order valence-corrected chi connectivity index (χ2v) is 6.17. The number of non-ortho nitro benzene ring substituents is 1. The summed E-state index contributed by atoms with van der Waals surface area (Å²) in [6, 6.07) is 15.6. The van der Waals surface area contributed by atoms with Gasteiger partial charge in [-0.1, -0.05) is 36.4 Å². The van der Waals surface area contributed by atoms with Gasteiger partial charge in [-0.25, -0.2) is 9.10 Å². The lowest BCUT2D eigenvalue weighted by atomic mass is 10.2. The molecule has 0 aliphatic rings. The van der Waals surface area contributed by atoms with Gasteiger partial charge in [-0.3, -0.25) is 10.1 Å². The molecule has 1 amide bonds. The Balaban J connectivity index is 2.23. The fourth-order valence-electron chi connectivity index (χ4n) is 1.93. The van der Waals surface area contributed by atoms with Gasteiger partial charge in [0.15, 0.2) is 0 Å². The van der Waals surface area contributed by atoms with Crippen molar-refractivity contribution in [2.75, 3.05) is 4.31 Å². The second kappa shape index (κ2) is 8.35. The normalized spacial score (nSPS) is 10.5. The predicted octanol–water partition coefficient (Wildman–Crippen LogP) is 4.79. The number of nitro groups is 1. The number of rotatable bonds is 6. The average molecular weight is 346 g/mol. The minimum Gasteiger partial charge on any atom is -0.446 e. The molecule has 0 aliphatic carbocycles. The maximum absolute atomic E-state index is 12.4. The van der Waals surface area contributed by atoms with Gasteiger partial charge in [0.2, 0.25) is 0 Å². The molecule has 0 aromatic heterocycles. The van der Waals surface area contributed by atoms with E-state index in [2.05, 4.69) is 0 Å². The summed E-state index contributed by atoms with van der Waals surface area (Å²) in [6.45, 7) is 3.51. The van der Waals surface area contributed by atoms with Gasteiger partial charge in [-0.15, -0.1) is 0 Å². The lowest BCUT2D eigenvalue weighted by Gasteiger charge is -2.22. The molecule has 0 fully saturated rings. The first-order valence-electron chi connectivity index (χ1n) is 7.39. The van der Waals surface area contributed by atoms with Crippen LogP contribution < -0.4 is 4.31 Å². The van der Waals surface area contributed by atoms with Crippen molar-refractivity contribution in [3.8, 4) is 0 Å². The number of hydrogen-bond donors (Lipinski definition) is 0. The molecule has 0 atom stereocenters. The zero-order valence-corrected chi connectivity index (χ0v) is 14.2. The summed E-state index contributed by atoms with van der Waals surface area (Å²) in [5.41, 5.74) is 1.38. The largest absolute Gasteiger partial charge is 0.446 e. The summed E-state index contributed by atoms with van der Waals surface area (Å²) in [4.78, 5) is 22.8. The Bertz CT molecular complexity index is 707. The van der Waals surface area contributed by atoms with E-state index in [1.54, 1.807) is 26.0 Å². The summed E-state index contributed by atoms with van der Waals surface area (Å²) in [5.74, 6) is 0.538. The van der Waals surface area contributed by atoms with Crippen LogP contribution in [0.1, 0.15) is 19.4 Å². The molecule has 0 heterocycles. The van der Waals surface area contributed by atoms with E-state index in [0.29, 0.717) is 11.4 Å². The quantitative estimate of drug-likeness (QED) is 0.427. The van der Waals surface area contributed by atoms with Crippen molar-refractivity contribution in [1.82, 2.24) is 0 Å². The van der Waals surface area contributed by atoms with Gasteiger partial charge in [0.05, 0.1) is 16.7 Å². The Hall–Kier alpha value is -2.54. The SMILES string of the molecule is CC(C)OC(=O)N(SCc1ccccc1)c1cccc([N+](=O)[O-])c1. The van der Waals surface area contributed by atoms with Gasteiger partial charge >= 0.3 is 6.09 Å². The number of benzene rings is 2. The molecule has 0 unspecified atom stereocenters. The number of amides is 1. The van der Waals surface area contributed by atoms with E-state index in [-0.39, 0.29) is 11.8 Å². The molecule has 6 nitrogen and oxygen atoms in total. The van der Waals surface area contributed by atoms with Crippen molar-refractivity contribution in [3.05, 3.63) is 70.3 Å². The molecule has 126 valence electrons. The van der Waals surface area contributed by atoms with Crippen LogP contribution in [-0.2, 0) is 10.5 Å². The third-order valence-corrected chi connectivity index (χ3v) is 4.06. The number of nitrogens with zero attached hydrogens (tertiary/aromatic N) is 2. The first kappa shape index (κ1) is 17.8. The van der Waals surface area contributed by atoms with E-state index >= 15 is 0 Å². The minimum absolute atomic E-state index is 0.0739. The molecule has 0 aliphatic heterocycles. The van der Waals surface area contributed by atoms with Crippen LogP contribution in [0.3, 0.4) is 0 Å². The first-order valence-corrected chi connectivity index (χ1v) is 8.33. The van der Waals surface area contributed by atoms with Crippen molar-refractivity contribution in [2.45, 2.75) is 25.7 Å². The standard InChI is InChI=1S/C17H18N2O4S/c1-13(2)23-17(20)18(24-12-14-7-4-3-5-8-14)15-9-6-10-16(11-15)19(21)22/h3-11,13H,12H2,1-2H3. The van der Waals surface area contributed by atoms with E-state index < -0.39 is 11.0 Å². The third-order valence-electron chi connectivity index (χ3n) is 2.98. The highest BCUT2D eigenvalue weighted by Gasteiger charge is 2.21. The van der Waals surface area contributed by atoms with Crippen LogP contribution in [0.5, 0.6) is 0 Å². The number of hydrogen-bond acceptors (Lipinski definition) is 5. The molecule has 0 radical (unpaired) electrons. The fraction of sp³-hybridized carbons (Fsp3) is 0.235. The summed E-state index contributed by atoms with van der Waals surface area (Å²) in [5, 5.41) is 11.0. The molecular formula is C17H18N2O4S. The van der Waals surface area contributed by atoms with Crippen LogP contribution in [-0.4, -0.2) is 17.1 Å². The molecule has 2 aromatic carbocycles. The maximum atomic E-state index is 12.4. The lowest BCUT2D eigenvalue weighted by molar-refractivity contribution is -0.384. The summed E-state index contributed by atoms with van der Waals surface area (Å²) < 4.78 is 6.60. The van der Waals surface area contributed by atoms with E-state index in [0.717, 1.165) is 5.56 Å². The van der Waals surface area contributed by atoms with Crippen LogP contribution in [0.4, 0.5) is 16.2 Å². The second-order valence-electron chi connectivity index (χ2n) is 5.26. The maximum Gasteiger partial charge on any atom is 0.424 e. The summed E-state index contributed by atoms with van der Waals surface area (Å²) in [6.07, 6.45) is -0.831. The highest BCUT2D eigenvalue weighted by molar-refractivity contribution is 8.00. The van der Waals surface area contributed by atoms with Crippen molar-refractivity contribution < 1.29 is 14.5 Å². The molecule has 24 heavy (non-hydrogen) atoms. The van der Waals surface area contributed by atoms with Gasteiger partial charge in [0, 0.05) is 17.9 Å². The van der Waals surface area contributed by atoms with Crippen LogP contribution in [0.2, 0.25) is 0 Å². The number of ether oxygens (including phenoxy) is 1. The molecular weight excluding hydrogens is 328 g/mol. The zero-order chi connectivity index (χ0) is 17.5. The third kappa shape index (κ3) is 4.99. The zero-order valence-electron chi connectivity index (χ0n) is 13.4. The Morgan fingerprint density at radius 1 is 1.21 bits per heavy atom. The molecule has 0 saturated heterocycles. The van der Waals surface area contributed by atoms with Crippen molar-refractivity contribution in [3.63, 3.8) is 0 Å². The number of carbonyl (C=O) groups is 1. The highest BCUT2D eigenvalue weighted by atomic mass is 32.2. The van der Waals surface area contributed by atoms with Crippen molar-refractivity contribution in [2.24, 2.45) is 0 Å². The lowest BCUT2D eigenvalue weighted by Crippen LogP contribution is -2.27. The number of anilines is 1. The van der Waals surface area contributed by atoms with Gasteiger partial charge in [0.25, 0.3) is 5.69 Å². The van der Waals surface area contributed by atoms with Crippen LogP contribution in [0.15, 0.2) is 54.6 Å². The van der Waals surface area contributed by atoms with Gasteiger partial charge in [-0.2, -0.15) is 0 Å². The Kier molecular flexibility index (Phi) is 6.20. The molecule has 0 spiro atoms. The minimum atomic E-state index is -0.550. The molecule has 0 N–H and O–H groups in total. The van der Waals surface area contributed by atoms with Crippen molar-refractivity contribution >= 4 is 29.4 Å². The molecule has 2 aromatic rings.